The summed E-state index contributed by atoms with van der Waals surface area (Å²) in [5.74, 6) is -0.733. The first-order valence-corrected chi connectivity index (χ1v) is 9.03. The lowest BCUT2D eigenvalue weighted by Gasteiger charge is -2.16. The minimum Gasteiger partial charge on any atom is -0.465 e. The molecular weight excluding hydrogens is 430 g/mol. The first kappa shape index (κ1) is 18.4. The molecule has 0 aliphatic rings. The minimum absolute atomic E-state index is 0.0758. The Bertz CT molecular complexity index is 646. The van der Waals surface area contributed by atoms with Crippen molar-refractivity contribution in [3.63, 3.8) is 0 Å². The van der Waals surface area contributed by atoms with Crippen molar-refractivity contribution < 1.29 is 22.7 Å². The molecule has 0 unspecified atom stereocenters. The Hall–Kier alpha value is -0.640. The fraction of sp³-hybridized carbons (Fsp3) is 0.417. The van der Waals surface area contributed by atoms with E-state index in [1.807, 2.05) is 0 Å². The highest BCUT2D eigenvalue weighted by molar-refractivity contribution is 9.11. The highest BCUT2D eigenvalue weighted by Crippen LogP contribution is 2.35. The summed E-state index contributed by atoms with van der Waals surface area (Å²) in [6.07, 6.45) is 0. The second-order valence-electron chi connectivity index (χ2n) is 4.12. The molecule has 0 bridgehead atoms. The van der Waals surface area contributed by atoms with Crippen molar-refractivity contribution in [2.75, 3.05) is 31.3 Å². The van der Waals surface area contributed by atoms with Gasteiger partial charge in [-0.1, -0.05) is 0 Å². The lowest BCUT2D eigenvalue weighted by atomic mass is 10.1. The number of carbonyl (C=O) groups is 1. The van der Waals surface area contributed by atoms with E-state index in [9.17, 15) is 13.2 Å². The molecule has 1 aromatic carbocycles. The Kier molecular flexibility index (Phi) is 6.64. The monoisotopic (exact) mass is 443 g/mol. The van der Waals surface area contributed by atoms with Crippen LogP contribution in [0.25, 0.3) is 0 Å². The van der Waals surface area contributed by atoms with Crippen LogP contribution in [-0.4, -0.2) is 41.0 Å². The van der Waals surface area contributed by atoms with Gasteiger partial charge in [-0.2, -0.15) is 0 Å². The summed E-state index contributed by atoms with van der Waals surface area (Å²) in [6.45, 7) is 1.71. The number of halogens is 2. The predicted octanol–water partition coefficient (Wildman–Crippen LogP) is 2.69. The van der Waals surface area contributed by atoms with Crippen molar-refractivity contribution in [1.82, 2.24) is 0 Å². The van der Waals surface area contributed by atoms with E-state index < -0.39 is 16.0 Å². The molecule has 0 fully saturated rings. The van der Waals surface area contributed by atoms with Crippen LogP contribution in [0.2, 0.25) is 0 Å². The summed E-state index contributed by atoms with van der Waals surface area (Å²) < 4.78 is 36.9. The van der Waals surface area contributed by atoms with E-state index in [1.54, 1.807) is 13.0 Å². The minimum atomic E-state index is -3.58. The van der Waals surface area contributed by atoms with Gasteiger partial charge in [-0.3, -0.25) is 4.72 Å². The van der Waals surface area contributed by atoms with Crippen LogP contribution in [0.5, 0.6) is 0 Å². The van der Waals surface area contributed by atoms with E-state index in [-0.39, 0.29) is 17.9 Å². The van der Waals surface area contributed by atoms with Crippen LogP contribution in [0.4, 0.5) is 5.69 Å². The first-order chi connectivity index (χ1) is 9.73. The number of esters is 1. The number of hydrogen-bond donors (Lipinski definition) is 1. The van der Waals surface area contributed by atoms with E-state index in [1.165, 1.54) is 14.2 Å². The fourth-order valence-corrected chi connectivity index (χ4v) is 4.43. The summed E-state index contributed by atoms with van der Waals surface area (Å²) in [4.78, 5) is 11.8. The summed E-state index contributed by atoms with van der Waals surface area (Å²) in [5.41, 5.74) is 1.03. The maximum absolute atomic E-state index is 12.0. The summed E-state index contributed by atoms with van der Waals surface area (Å²) in [6, 6.07) is 1.59. The Morgan fingerprint density at radius 3 is 2.43 bits per heavy atom. The topological polar surface area (TPSA) is 81.7 Å². The van der Waals surface area contributed by atoms with E-state index in [0.29, 0.717) is 20.2 Å². The summed E-state index contributed by atoms with van der Waals surface area (Å²) >= 11 is 6.55. The van der Waals surface area contributed by atoms with Gasteiger partial charge in [0.05, 0.1) is 30.7 Å². The van der Waals surface area contributed by atoms with Gasteiger partial charge in [0.15, 0.2) is 0 Å². The molecule has 0 spiro atoms. The fourth-order valence-electron chi connectivity index (χ4n) is 1.62. The van der Waals surface area contributed by atoms with Gasteiger partial charge in [0.1, 0.15) is 0 Å². The quantitative estimate of drug-likeness (QED) is 0.682. The van der Waals surface area contributed by atoms with Crippen molar-refractivity contribution in [2.24, 2.45) is 0 Å². The molecule has 118 valence electrons. The van der Waals surface area contributed by atoms with Gasteiger partial charge in [-0.15, -0.1) is 0 Å². The standard InChI is InChI=1S/C12H15Br2NO5S/c1-7-10(12(16)20-3)8(13)6-9(14)11(7)15-21(17,18)5-4-19-2/h6,15H,4-5H2,1-3H3. The number of methoxy groups -OCH3 is 2. The Morgan fingerprint density at radius 1 is 1.29 bits per heavy atom. The number of benzene rings is 1. The number of rotatable bonds is 6. The van der Waals surface area contributed by atoms with Gasteiger partial charge in [0.25, 0.3) is 0 Å². The van der Waals surface area contributed by atoms with Gasteiger partial charge < -0.3 is 9.47 Å². The van der Waals surface area contributed by atoms with Gasteiger partial charge in [0, 0.05) is 16.1 Å². The van der Waals surface area contributed by atoms with Crippen LogP contribution < -0.4 is 4.72 Å². The van der Waals surface area contributed by atoms with Crippen molar-refractivity contribution >= 4 is 53.5 Å². The van der Waals surface area contributed by atoms with Gasteiger partial charge in [0.2, 0.25) is 10.0 Å². The molecule has 0 radical (unpaired) electrons. The molecule has 0 aliphatic carbocycles. The molecule has 1 rings (SSSR count). The molecule has 9 heteroatoms. The Morgan fingerprint density at radius 2 is 1.90 bits per heavy atom. The summed E-state index contributed by atoms with van der Waals surface area (Å²) in [5, 5.41) is 0. The second kappa shape index (κ2) is 7.57. The van der Waals surface area contributed by atoms with E-state index in [4.69, 9.17) is 9.47 Å². The van der Waals surface area contributed by atoms with Crippen LogP contribution in [0.15, 0.2) is 15.0 Å². The molecule has 0 heterocycles. The van der Waals surface area contributed by atoms with E-state index in [0.717, 1.165) is 0 Å². The molecule has 1 aromatic rings. The molecule has 1 N–H and O–H groups in total. The smallest absolute Gasteiger partial charge is 0.339 e. The zero-order chi connectivity index (χ0) is 16.2. The zero-order valence-electron chi connectivity index (χ0n) is 11.7. The third-order valence-corrected chi connectivity index (χ3v) is 5.15. The molecule has 0 aliphatic heterocycles. The average molecular weight is 445 g/mol. The van der Waals surface area contributed by atoms with Crippen LogP contribution in [-0.2, 0) is 19.5 Å². The number of anilines is 1. The molecule has 0 saturated carbocycles. The van der Waals surface area contributed by atoms with Crippen molar-refractivity contribution in [2.45, 2.75) is 6.92 Å². The molecule has 0 aromatic heterocycles. The highest BCUT2D eigenvalue weighted by atomic mass is 79.9. The second-order valence-corrected chi connectivity index (χ2v) is 7.67. The van der Waals surface area contributed by atoms with Crippen LogP contribution in [0, 0.1) is 6.92 Å². The maximum atomic E-state index is 12.0. The van der Waals surface area contributed by atoms with Crippen LogP contribution in [0.1, 0.15) is 15.9 Å². The van der Waals surface area contributed by atoms with Crippen LogP contribution in [0.3, 0.4) is 0 Å². The van der Waals surface area contributed by atoms with Crippen LogP contribution >= 0.6 is 31.9 Å². The van der Waals surface area contributed by atoms with Crippen molar-refractivity contribution in [1.29, 1.82) is 0 Å². The zero-order valence-corrected chi connectivity index (χ0v) is 15.7. The molecule has 0 atom stereocenters. The normalized spacial score (nSPS) is 11.3. The highest BCUT2D eigenvalue weighted by Gasteiger charge is 2.22. The van der Waals surface area contributed by atoms with E-state index >= 15 is 0 Å². The lowest BCUT2D eigenvalue weighted by Crippen LogP contribution is -2.21. The molecule has 0 amide bonds. The SMILES string of the molecule is COCCS(=O)(=O)Nc1c(Br)cc(Br)c(C(=O)OC)c1C. The number of hydrogen-bond acceptors (Lipinski definition) is 5. The summed E-state index contributed by atoms with van der Waals surface area (Å²) in [7, 11) is -0.891. The van der Waals surface area contributed by atoms with E-state index in [2.05, 4.69) is 36.6 Å². The molecule has 0 saturated heterocycles. The molecule has 21 heavy (non-hydrogen) atoms. The Labute approximate surface area is 140 Å². The van der Waals surface area contributed by atoms with Gasteiger partial charge >= 0.3 is 5.97 Å². The van der Waals surface area contributed by atoms with Gasteiger partial charge in [-0.25, -0.2) is 13.2 Å². The first-order valence-electron chi connectivity index (χ1n) is 5.79. The number of ether oxygens (including phenoxy) is 2. The number of sulfonamides is 1. The number of nitrogens with one attached hydrogen (secondary N) is 1. The largest absolute Gasteiger partial charge is 0.465 e. The number of carbonyl (C=O) groups excluding carboxylic acids is 1. The van der Waals surface area contributed by atoms with Crippen molar-refractivity contribution in [3.05, 3.63) is 26.1 Å². The average Bonchev–Trinajstić information content (AvgIpc) is 2.41. The Balaban J connectivity index is 3.28. The van der Waals surface area contributed by atoms with Crippen molar-refractivity contribution in [3.8, 4) is 0 Å². The molecule has 6 nitrogen and oxygen atoms in total. The third kappa shape index (κ3) is 4.67. The maximum Gasteiger partial charge on any atom is 0.339 e. The predicted molar refractivity (Wildman–Crippen MR) is 87.2 cm³/mol. The third-order valence-electron chi connectivity index (χ3n) is 2.68. The van der Waals surface area contributed by atoms with Gasteiger partial charge in [-0.05, 0) is 50.4 Å². The lowest BCUT2D eigenvalue weighted by molar-refractivity contribution is 0.0599. The molecular formula is C12H15Br2NO5S.